The van der Waals surface area contributed by atoms with E-state index in [-0.39, 0.29) is 0 Å². The van der Waals surface area contributed by atoms with Crippen LogP contribution in [0, 0.1) is 0 Å². The molecule has 0 heterocycles. The Hall–Kier alpha value is 0.570. The molecule has 0 radical (unpaired) electrons. The summed E-state index contributed by atoms with van der Waals surface area (Å²) in [6.45, 7) is 3.47. The summed E-state index contributed by atoms with van der Waals surface area (Å²) < 4.78 is -1.57. The molecule has 60 valence electrons. The van der Waals surface area contributed by atoms with Gasteiger partial charge in [0, 0.05) is 0 Å². The number of aliphatic hydroxyl groups is 1. The standard InChI is InChI=1S/C6H9Cl3O/c1-2-3-4-5(10)6(7,8)9/h2,5,10H,1,3-4H2. The van der Waals surface area contributed by atoms with Crippen LogP contribution in [-0.4, -0.2) is 15.0 Å². The molecule has 0 aliphatic rings. The molecule has 0 fully saturated rings. The minimum Gasteiger partial charge on any atom is -0.389 e. The molecule has 0 aromatic carbocycles. The van der Waals surface area contributed by atoms with Gasteiger partial charge in [-0.25, -0.2) is 0 Å². The predicted molar refractivity (Wildman–Crippen MR) is 45.7 cm³/mol. The first-order valence-electron chi connectivity index (χ1n) is 2.84. The molecule has 4 heteroatoms. The van der Waals surface area contributed by atoms with Crippen LogP contribution < -0.4 is 0 Å². The van der Waals surface area contributed by atoms with Gasteiger partial charge < -0.3 is 5.11 Å². The quantitative estimate of drug-likeness (QED) is 0.552. The highest BCUT2D eigenvalue weighted by atomic mass is 35.6. The minimum absolute atomic E-state index is 0.431. The van der Waals surface area contributed by atoms with Crippen molar-refractivity contribution in [3.05, 3.63) is 12.7 Å². The van der Waals surface area contributed by atoms with Crippen molar-refractivity contribution in [2.24, 2.45) is 0 Å². The van der Waals surface area contributed by atoms with Gasteiger partial charge in [-0.1, -0.05) is 40.9 Å². The first kappa shape index (κ1) is 10.6. The molecule has 0 bridgehead atoms. The van der Waals surface area contributed by atoms with E-state index in [1.54, 1.807) is 6.08 Å². The zero-order valence-corrected chi connectivity index (χ0v) is 7.62. The first-order chi connectivity index (χ1) is 4.48. The van der Waals surface area contributed by atoms with E-state index in [4.69, 9.17) is 39.9 Å². The third-order valence-electron chi connectivity index (χ3n) is 1.02. The fourth-order valence-electron chi connectivity index (χ4n) is 0.439. The molecule has 1 unspecified atom stereocenters. The summed E-state index contributed by atoms with van der Waals surface area (Å²) in [4.78, 5) is 0. The number of allylic oxidation sites excluding steroid dienone is 1. The number of hydrogen-bond donors (Lipinski definition) is 1. The third kappa shape index (κ3) is 4.40. The summed E-state index contributed by atoms with van der Waals surface area (Å²) in [5, 5.41) is 9.07. The Labute approximate surface area is 75.6 Å². The molecule has 0 aliphatic carbocycles. The Morgan fingerprint density at radius 2 is 2.00 bits per heavy atom. The Morgan fingerprint density at radius 1 is 1.50 bits per heavy atom. The van der Waals surface area contributed by atoms with Gasteiger partial charge in [0.15, 0.2) is 0 Å². The molecule has 0 amide bonds. The molecule has 1 nitrogen and oxygen atoms in total. The molecule has 10 heavy (non-hydrogen) atoms. The van der Waals surface area contributed by atoms with Crippen molar-refractivity contribution in [2.75, 3.05) is 0 Å². The van der Waals surface area contributed by atoms with Gasteiger partial charge in [0.2, 0.25) is 3.79 Å². The van der Waals surface area contributed by atoms with Gasteiger partial charge >= 0.3 is 0 Å². The van der Waals surface area contributed by atoms with Gasteiger partial charge in [0.25, 0.3) is 0 Å². The topological polar surface area (TPSA) is 20.2 Å². The van der Waals surface area contributed by atoms with Crippen LogP contribution in [0.1, 0.15) is 12.8 Å². The molecule has 0 saturated heterocycles. The van der Waals surface area contributed by atoms with E-state index in [9.17, 15) is 0 Å². The van der Waals surface area contributed by atoms with Crippen molar-refractivity contribution in [3.8, 4) is 0 Å². The van der Waals surface area contributed by atoms with E-state index in [0.717, 1.165) is 0 Å². The van der Waals surface area contributed by atoms with E-state index >= 15 is 0 Å². The van der Waals surface area contributed by atoms with Crippen molar-refractivity contribution >= 4 is 34.8 Å². The lowest BCUT2D eigenvalue weighted by Gasteiger charge is -2.17. The maximum Gasteiger partial charge on any atom is 0.216 e. The molecule has 0 aromatic heterocycles. The van der Waals surface area contributed by atoms with Crippen molar-refractivity contribution in [1.82, 2.24) is 0 Å². The van der Waals surface area contributed by atoms with Crippen LogP contribution in [-0.2, 0) is 0 Å². The summed E-state index contributed by atoms with van der Waals surface area (Å²) in [6, 6.07) is 0. The van der Waals surface area contributed by atoms with E-state index in [1.165, 1.54) is 0 Å². The van der Waals surface area contributed by atoms with Crippen molar-refractivity contribution < 1.29 is 5.11 Å². The summed E-state index contributed by atoms with van der Waals surface area (Å²) >= 11 is 16.1. The molecule has 1 N–H and O–H groups in total. The largest absolute Gasteiger partial charge is 0.389 e. The fourth-order valence-corrected chi connectivity index (χ4v) is 0.767. The highest BCUT2D eigenvalue weighted by molar-refractivity contribution is 6.68. The van der Waals surface area contributed by atoms with Crippen LogP contribution in [0.15, 0.2) is 12.7 Å². The molecule has 0 spiro atoms. The Kier molecular flexibility index (Phi) is 4.70. The van der Waals surface area contributed by atoms with Crippen LogP contribution in [0.3, 0.4) is 0 Å². The third-order valence-corrected chi connectivity index (χ3v) is 1.78. The van der Waals surface area contributed by atoms with Crippen molar-refractivity contribution in [3.63, 3.8) is 0 Å². The highest BCUT2D eigenvalue weighted by Crippen LogP contribution is 2.32. The lowest BCUT2D eigenvalue weighted by molar-refractivity contribution is 0.170. The maximum absolute atomic E-state index is 9.07. The number of alkyl halides is 3. The molecule has 1 atom stereocenters. The van der Waals surface area contributed by atoms with Gasteiger partial charge in [-0.15, -0.1) is 6.58 Å². The average molecular weight is 203 g/mol. The second kappa shape index (κ2) is 4.45. The van der Waals surface area contributed by atoms with E-state index < -0.39 is 9.90 Å². The Morgan fingerprint density at radius 3 is 2.30 bits per heavy atom. The van der Waals surface area contributed by atoms with Crippen LogP contribution in [0.4, 0.5) is 0 Å². The number of hydrogen-bond acceptors (Lipinski definition) is 1. The lowest BCUT2D eigenvalue weighted by Crippen LogP contribution is -2.24. The summed E-state index contributed by atoms with van der Waals surface area (Å²) in [7, 11) is 0. The molecular formula is C6H9Cl3O. The second-order valence-corrected chi connectivity index (χ2v) is 4.29. The number of aliphatic hydroxyl groups excluding tert-OH is 1. The number of rotatable bonds is 3. The summed E-state index contributed by atoms with van der Waals surface area (Å²) in [5.41, 5.74) is 0. The number of halogens is 3. The Balaban J connectivity index is 3.61. The fraction of sp³-hybridized carbons (Fsp3) is 0.667. The van der Waals surface area contributed by atoms with Crippen molar-refractivity contribution in [2.45, 2.75) is 22.7 Å². The van der Waals surface area contributed by atoms with E-state index in [0.29, 0.717) is 12.8 Å². The zero-order valence-electron chi connectivity index (χ0n) is 5.36. The lowest BCUT2D eigenvalue weighted by atomic mass is 10.2. The first-order valence-corrected chi connectivity index (χ1v) is 3.97. The second-order valence-electron chi connectivity index (χ2n) is 1.92. The summed E-state index contributed by atoms with van der Waals surface area (Å²) in [5.74, 6) is 0. The highest BCUT2D eigenvalue weighted by Gasteiger charge is 2.29. The summed E-state index contributed by atoms with van der Waals surface area (Å²) in [6.07, 6.45) is 1.84. The van der Waals surface area contributed by atoms with Gasteiger partial charge in [-0.2, -0.15) is 0 Å². The molecule has 0 rings (SSSR count). The average Bonchev–Trinajstić information content (AvgIpc) is 1.80. The molecular weight excluding hydrogens is 194 g/mol. The van der Waals surface area contributed by atoms with Crippen molar-refractivity contribution in [1.29, 1.82) is 0 Å². The molecule has 0 aromatic rings. The minimum atomic E-state index is -1.57. The predicted octanol–water partition coefficient (Wildman–Crippen LogP) is 2.68. The maximum atomic E-state index is 9.07. The monoisotopic (exact) mass is 202 g/mol. The Bertz CT molecular complexity index is 108. The van der Waals surface area contributed by atoms with Crippen LogP contribution in [0.5, 0.6) is 0 Å². The van der Waals surface area contributed by atoms with Crippen LogP contribution >= 0.6 is 34.8 Å². The van der Waals surface area contributed by atoms with Gasteiger partial charge in [-0.05, 0) is 12.8 Å². The SMILES string of the molecule is C=CCCC(O)C(Cl)(Cl)Cl. The van der Waals surface area contributed by atoms with Crippen LogP contribution in [0.2, 0.25) is 0 Å². The van der Waals surface area contributed by atoms with Gasteiger partial charge in [0.05, 0.1) is 0 Å². The normalized spacial score (nSPS) is 14.8. The molecule has 0 saturated carbocycles. The van der Waals surface area contributed by atoms with E-state index in [2.05, 4.69) is 6.58 Å². The smallest absolute Gasteiger partial charge is 0.216 e. The van der Waals surface area contributed by atoms with Gasteiger partial charge in [-0.3, -0.25) is 0 Å². The van der Waals surface area contributed by atoms with Crippen LogP contribution in [0.25, 0.3) is 0 Å². The van der Waals surface area contributed by atoms with Gasteiger partial charge in [0.1, 0.15) is 6.10 Å². The molecule has 0 aliphatic heterocycles. The zero-order chi connectivity index (χ0) is 8.20. The van der Waals surface area contributed by atoms with E-state index in [1.807, 2.05) is 0 Å².